The van der Waals surface area contributed by atoms with E-state index in [1.165, 1.54) is 4.57 Å². The molecule has 5 N–H and O–H groups in total. The Morgan fingerprint density at radius 1 is 1.07 bits per heavy atom. The third-order valence-electron chi connectivity index (χ3n) is 4.57. The van der Waals surface area contributed by atoms with Crippen LogP contribution in [0.1, 0.15) is 11.1 Å². The summed E-state index contributed by atoms with van der Waals surface area (Å²) in [4.78, 5) is 34.0. The van der Waals surface area contributed by atoms with Crippen molar-refractivity contribution in [1.82, 2.24) is 19.5 Å². The molecule has 0 radical (unpaired) electrons. The molecule has 3 atom stereocenters. The monoisotopic (exact) mass is 432 g/mol. The van der Waals surface area contributed by atoms with Crippen molar-refractivity contribution in [2.24, 2.45) is 0 Å². The molecule has 2 heterocycles. The minimum atomic E-state index is -1.64. The molecule has 3 rings (SSSR count). The predicted octanol–water partition coefficient (Wildman–Crippen LogP) is -1.73. The molecule has 11 heteroatoms. The summed E-state index contributed by atoms with van der Waals surface area (Å²) in [6, 6.07) is 3.53. The Hall–Kier alpha value is -2.14. The number of H-pyrrole nitrogens is 1. The minimum absolute atomic E-state index is 0. The first-order valence-corrected chi connectivity index (χ1v) is 8.29. The third-order valence-corrected chi connectivity index (χ3v) is 4.57. The number of fused-ring (bicyclic) bond motifs is 2. The van der Waals surface area contributed by atoms with Crippen molar-refractivity contribution >= 4 is 11.0 Å². The van der Waals surface area contributed by atoms with Crippen molar-refractivity contribution in [1.29, 1.82) is 0 Å². The van der Waals surface area contributed by atoms with Gasteiger partial charge < -0.3 is 25.0 Å². The molecule has 0 saturated carbocycles. The van der Waals surface area contributed by atoms with E-state index in [-0.39, 0.29) is 35.1 Å². The van der Waals surface area contributed by atoms with Crippen LogP contribution in [-0.4, -0.2) is 64.9 Å². The van der Waals surface area contributed by atoms with Crippen LogP contribution < -0.4 is 11.2 Å². The summed E-state index contributed by atoms with van der Waals surface area (Å²) < 4.78 is 1.40. The Morgan fingerprint density at radius 3 is 2.36 bits per heavy atom. The van der Waals surface area contributed by atoms with Crippen molar-refractivity contribution in [3.05, 3.63) is 44.1 Å². The molecule has 0 bridgehead atoms. The van der Waals surface area contributed by atoms with Crippen molar-refractivity contribution in [3.8, 4) is 11.5 Å². The van der Waals surface area contributed by atoms with E-state index >= 15 is 0 Å². The Morgan fingerprint density at radius 2 is 1.71 bits per heavy atom. The molecular weight excluding hydrogens is 412 g/mol. The van der Waals surface area contributed by atoms with E-state index in [1.807, 2.05) is 13.8 Å². The van der Waals surface area contributed by atoms with Gasteiger partial charge in [-0.15, -0.1) is 0 Å². The smallest absolute Gasteiger partial charge is 0.349 e. The van der Waals surface area contributed by atoms with E-state index in [2.05, 4.69) is 15.0 Å². The minimum Gasteiger partial charge on any atom is -0.394 e. The van der Waals surface area contributed by atoms with Crippen LogP contribution in [0.5, 0.6) is 0 Å². The average Bonchev–Trinajstić information content (AvgIpc) is 2.62. The van der Waals surface area contributed by atoms with Gasteiger partial charge in [0.2, 0.25) is 0 Å². The molecule has 0 unspecified atom stereocenters. The molecule has 1 aromatic carbocycles. The summed E-state index contributed by atoms with van der Waals surface area (Å²) in [6.07, 6.45) is -4.68. The summed E-state index contributed by atoms with van der Waals surface area (Å²) in [5.74, 6) is -0.0516. The Kier molecular flexibility index (Phi) is 6.71. The molecule has 10 nitrogen and oxygen atoms in total. The SMILES string of the molecule is Cc1cc2nc3c(=O)[nH]c(=O)nc-3n(C[C@H](O)[C@H](O)[C@H](O)CO)c2cc1C.[Fe]. The molecule has 0 amide bonds. The average molecular weight is 432 g/mol. The number of aliphatic hydroxyl groups excluding tert-OH is 4. The number of aliphatic hydroxyl groups is 4. The standard InChI is InChI=1S/C17H20N4O6.Fe/c1-7-3-9-10(4-8(7)2)21(5-11(23)14(25)12(24)6-22)15-13(18-9)16(26)20-17(27)19-15;/h3-4,11-12,14,22-25H,5-6H2,1-2H3,(H,20,26,27);/t11-,12+,14-;/m0./s1. The summed E-state index contributed by atoms with van der Waals surface area (Å²) in [5.41, 5.74) is 1.11. The van der Waals surface area contributed by atoms with Crippen LogP contribution in [0.25, 0.3) is 22.6 Å². The number of aromatic amines is 1. The second-order valence-electron chi connectivity index (χ2n) is 6.50. The van der Waals surface area contributed by atoms with Crippen molar-refractivity contribution in [2.75, 3.05) is 6.61 Å². The first kappa shape index (κ1) is 22.2. The number of nitrogens with one attached hydrogen (secondary N) is 1. The molecule has 2 aliphatic heterocycles. The second kappa shape index (κ2) is 8.48. The molecule has 28 heavy (non-hydrogen) atoms. The number of nitrogens with zero attached hydrogens (tertiary/aromatic N) is 3. The maximum Gasteiger partial charge on any atom is 0.349 e. The van der Waals surface area contributed by atoms with Gasteiger partial charge in [-0.2, -0.15) is 4.98 Å². The van der Waals surface area contributed by atoms with Crippen LogP contribution in [-0.2, 0) is 23.6 Å². The Labute approximate surface area is 169 Å². The van der Waals surface area contributed by atoms with Crippen molar-refractivity contribution < 1.29 is 37.5 Å². The largest absolute Gasteiger partial charge is 0.394 e. The molecule has 0 saturated heterocycles. The van der Waals surface area contributed by atoms with Gasteiger partial charge in [-0.1, -0.05) is 0 Å². The first-order valence-electron chi connectivity index (χ1n) is 8.29. The van der Waals surface area contributed by atoms with Gasteiger partial charge in [0.05, 0.1) is 24.2 Å². The molecule has 0 spiro atoms. The van der Waals surface area contributed by atoms with Crippen LogP contribution in [0.3, 0.4) is 0 Å². The fourth-order valence-corrected chi connectivity index (χ4v) is 2.89. The second-order valence-corrected chi connectivity index (χ2v) is 6.50. The predicted molar refractivity (Wildman–Crippen MR) is 95.6 cm³/mol. The molecule has 2 aliphatic rings. The Balaban J connectivity index is 0.00000280. The molecule has 152 valence electrons. The summed E-state index contributed by atoms with van der Waals surface area (Å²) in [6.45, 7) is 2.73. The number of aryl methyl sites for hydroxylation is 2. The fraction of sp³-hybridized carbons (Fsp3) is 0.412. The topological polar surface area (TPSA) is 162 Å². The number of aromatic nitrogens is 4. The quantitative estimate of drug-likeness (QED) is 0.235. The Bertz CT molecular complexity index is 1080. The molecule has 1 aromatic rings. The van der Waals surface area contributed by atoms with Gasteiger partial charge in [0, 0.05) is 17.1 Å². The molecule has 0 aliphatic carbocycles. The number of benzene rings is 1. The zero-order chi connectivity index (χ0) is 19.9. The van der Waals surface area contributed by atoms with Gasteiger partial charge in [0.15, 0.2) is 11.5 Å². The van der Waals surface area contributed by atoms with E-state index in [9.17, 15) is 24.9 Å². The van der Waals surface area contributed by atoms with Gasteiger partial charge in [-0.05, 0) is 37.1 Å². The molecule has 0 fully saturated rings. The zero-order valence-corrected chi connectivity index (χ0v) is 16.2. The van der Waals surface area contributed by atoms with Crippen LogP contribution in [0.15, 0.2) is 21.7 Å². The van der Waals surface area contributed by atoms with Gasteiger partial charge in [-0.25, -0.2) is 9.78 Å². The molecular formula is C17H20FeN4O6. The summed E-state index contributed by atoms with van der Waals surface area (Å²) in [7, 11) is 0. The summed E-state index contributed by atoms with van der Waals surface area (Å²) >= 11 is 0. The number of hydrogen-bond acceptors (Lipinski definition) is 8. The van der Waals surface area contributed by atoms with Gasteiger partial charge in [-0.3, -0.25) is 9.78 Å². The number of hydrogen-bond donors (Lipinski definition) is 5. The van der Waals surface area contributed by atoms with E-state index in [0.717, 1.165) is 11.1 Å². The number of rotatable bonds is 5. The van der Waals surface area contributed by atoms with E-state index in [1.54, 1.807) is 12.1 Å². The third kappa shape index (κ3) is 4.00. The van der Waals surface area contributed by atoms with Crippen LogP contribution in [0.2, 0.25) is 0 Å². The van der Waals surface area contributed by atoms with E-state index in [0.29, 0.717) is 11.0 Å². The molecule has 0 aromatic heterocycles. The zero-order valence-electron chi connectivity index (χ0n) is 15.1. The fourth-order valence-electron chi connectivity index (χ4n) is 2.89. The van der Waals surface area contributed by atoms with E-state index < -0.39 is 36.2 Å². The van der Waals surface area contributed by atoms with Gasteiger partial charge in [0.25, 0.3) is 5.56 Å². The van der Waals surface area contributed by atoms with Gasteiger partial charge in [0.1, 0.15) is 18.3 Å². The first-order chi connectivity index (χ1) is 12.7. The summed E-state index contributed by atoms with van der Waals surface area (Å²) in [5, 5.41) is 38.8. The normalized spacial score (nSPS) is 14.6. The van der Waals surface area contributed by atoms with E-state index in [4.69, 9.17) is 5.11 Å². The van der Waals surface area contributed by atoms with Crippen LogP contribution in [0, 0.1) is 13.8 Å². The van der Waals surface area contributed by atoms with Crippen molar-refractivity contribution in [3.63, 3.8) is 0 Å². The van der Waals surface area contributed by atoms with Crippen molar-refractivity contribution in [2.45, 2.75) is 38.7 Å². The van der Waals surface area contributed by atoms with Crippen LogP contribution >= 0.6 is 0 Å². The maximum atomic E-state index is 12.2. The maximum absolute atomic E-state index is 12.2. The van der Waals surface area contributed by atoms with Crippen LogP contribution in [0.4, 0.5) is 0 Å². The van der Waals surface area contributed by atoms with Gasteiger partial charge >= 0.3 is 5.69 Å².